The van der Waals surface area contributed by atoms with E-state index in [0.717, 1.165) is 57.8 Å². The third kappa shape index (κ3) is 3.20. The zero-order valence-corrected chi connectivity index (χ0v) is 25.4. The van der Waals surface area contributed by atoms with Crippen molar-refractivity contribution in [3.63, 3.8) is 0 Å². The molecule has 0 saturated heterocycles. The van der Waals surface area contributed by atoms with Crippen LogP contribution in [0.15, 0.2) is 11.6 Å². The van der Waals surface area contributed by atoms with E-state index in [1.807, 2.05) is 13.0 Å². The summed E-state index contributed by atoms with van der Waals surface area (Å²) in [6, 6.07) is 0. The van der Waals surface area contributed by atoms with Crippen molar-refractivity contribution in [2.75, 3.05) is 13.2 Å². The van der Waals surface area contributed by atoms with E-state index in [4.69, 9.17) is 0 Å². The minimum Gasteiger partial charge on any atom is -0.396 e. The van der Waals surface area contributed by atoms with Gasteiger partial charge in [0.15, 0.2) is 5.78 Å². The van der Waals surface area contributed by atoms with E-state index < -0.39 is 23.0 Å². The van der Waals surface area contributed by atoms with E-state index in [1.54, 1.807) is 0 Å². The Hall–Kier alpha value is -0.750. The summed E-state index contributed by atoms with van der Waals surface area (Å²) in [5, 5.41) is 45.1. The molecule has 5 nitrogen and oxygen atoms in total. The van der Waals surface area contributed by atoms with Crippen molar-refractivity contribution >= 4 is 5.78 Å². The average Bonchev–Trinajstić information content (AvgIpc) is 3.31. The fourth-order valence-corrected chi connectivity index (χ4v) is 13.1. The highest BCUT2D eigenvalue weighted by Gasteiger charge is 2.75. The van der Waals surface area contributed by atoms with Gasteiger partial charge in [0.2, 0.25) is 0 Å². The van der Waals surface area contributed by atoms with Gasteiger partial charge < -0.3 is 20.4 Å². The van der Waals surface area contributed by atoms with Gasteiger partial charge in [-0.25, -0.2) is 0 Å². The first-order valence-corrected chi connectivity index (χ1v) is 15.9. The summed E-state index contributed by atoms with van der Waals surface area (Å²) >= 11 is 0. The molecule has 220 valence electrons. The monoisotopic (exact) mass is 542 g/mol. The lowest BCUT2D eigenvalue weighted by Crippen LogP contribution is -2.71. The number of hydrogen-bond acceptors (Lipinski definition) is 5. The molecule has 6 aliphatic carbocycles. The number of carbonyl (C=O) groups excluding carboxylic acids is 1. The van der Waals surface area contributed by atoms with E-state index in [0.29, 0.717) is 12.8 Å². The minimum atomic E-state index is -0.611. The zero-order chi connectivity index (χ0) is 28.4. The number of ketones is 1. The van der Waals surface area contributed by atoms with Gasteiger partial charge in [-0.1, -0.05) is 60.0 Å². The first-order valence-electron chi connectivity index (χ1n) is 15.9. The Morgan fingerprint density at radius 1 is 0.846 bits per heavy atom. The Kier molecular flexibility index (Phi) is 6.13. The third-order valence-corrected chi connectivity index (χ3v) is 15.0. The molecule has 0 unspecified atom stereocenters. The maximum absolute atomic E-state index is 14.6. The van der Waals surface area contributed by atoms with E-state index in [1.165, 1.54) is 5.57 Å². The quantitative estimate of drug-likeness (QED) is 0.373. The van der Waals surface area contributed by atoms with Gasteiger partial charge >= 0.3 is 0 Å². The number of aliphatic hydroxyl groups excluding tert-OH is 4. The molecule has 0 radical (unpaired) electrons. The third-order valence-electron chi connectivity index (χ3n) is 15.0. The van der Waals surface area contributed by atoms with Gasteiger partial charge in [0.05, 0.1) is 25.4 Å². The molecule has 39 heavy (non-hydrogen) atoms. The van der Waals surface area contributed by atoms with Crippen LogP contribution in [-0.4, -0.2) is 51.6 Å². The summed E-state index contributed by atoms with van der Waals surface area (Å²) in [6.45, 7) is 13.6. The molecule has 5 saturated carbocycles. The molecule has 1 spiro atoms. The smallest absolute Gasteiger partial charge is 0.159 e. The van der Waals surface area contributed by atoms with Crippen LogP contribution in [-0.2, 0) is 4.79 Å². The molecule has 6 aliphatic rings. The highest BCUT2D eigenvalue weighted by atomic mass is 16.3. The van der Waals surface area contributed by atoms with Crippen LogP contribution in [0, 0.1) is 55.7 Å². The topological polar surface area (TPSA) is 98.0 Å². The molecular weight excluding hydrogens is 488 g/mol. The highest BCUT2D eigenvalue weighted by molar-refractivity contribution is 5.95. The summed E-state index contributed by atoms with van der Waals surface area (Å²) < 4.78 is 0. The Bertz CT molecular complexity index is 1070. The Morgan fingerprint density at radius 3 is 2.13 bits per heavy atom. The maximum atomic E-state index is 14.6. The fourth-order valence-electron chi connectivity index (χ4n) is 13.1. The molecule has 5 fully saturated rings. The van der Waals surface area contributed by atoms with Crippen LogP contribution < -0.4 is 0 Å². The Morgan fingerprint density at radius 2 is 1.51 bits per heavy atom. The summed E-state index contributed by atoms with van der Waals surface area (Å²) in [4.78, 5) is 14.6. The van der Waals surface area contributed by atoms with Crippen molar-refractivity contribution in [3.8, 4) is 0 Å². The summed E-state index contributed by atoms with van der Waals surface area (Å²) in [5.74, 6) is 0.0728. The number of fused-ring (bicyclic) bond motifs is 8. The average molecular weight is 543 g/mol. The second kappa shape index (κ2) is 8.42. The lowest BCUT2D eigenvalue weighted by atomic mass is 9.31. The molecule has 0 aliphatic heterocycles. The van der Waals surface area contributed by atoms with Gasteiger partial charge in [-0.3, -0.25) is 4.79 Å². The van der Waals surface area contributed by atoms with E-state index in [2.05, 4.69) is 34.6 Å². The number of allylic oxidation sites excluding steroid dienone is 2. The van der Waals surface area contributed by atoms with Crippen LogP contribution in [0.1, 0.15) is 112 Å². The molecule has 0 heterocycles. The van der Waals surface area contributed by atoms with Gasteiger partial charge in [0.1, 0.15) is 0 Å². The molecule has 5 heteroatoms. The lowest BCUT2D eigenvalue weighted by molar-refractivity contribution is -0.244. The van der Waals surface area contributed by atoms with E-state index in [9.17, 15) is 25.2 Å². The standard InChI is InChI=1S/C34H54O5/c1-28(2)16-22-21-15-23(37)27-29(3)13-10-25(38)30(4,19-35)24(29)9-14-31(27,5)32(21,6)17-26(39)34(22,20-36)33(18-28)11-7-8-12-33/h15,22,24-27,35-36,38-39H,7-14,16-20H2,1-6H3/t22-,24+,25+,26+,27-,29+,30+,31-,32-,34+/m1/s1. The normalized spacial score (nSPS) is 53.8. The van der Waals surface area contributed by atoms with Crippen molar-refractivity contribution in [2.24, 2.45) is 55.7 Å². The van der Waals surface area contributed by atoms with Crippen molar-refractivity contribution in [3.05, 3.63) is 11.6 Å². The second-order valence-electron chi connectivity index (χ2n) is 17.0. The molecule has 10 atom stereocenters. The molecule has 0 aromatic carbocycles. The predicted octanol–water partition coefficient (Wildman–Crippen LogP) is 5.43. The number of carbonyl (C=O) groups is 1. The Balaban J connectivity index is 1.52. The van der Waals surface area contributed by atoms with Crippen LogP contribution in [0.25, 0.3) is 0 Å². The molecule has 4 N–H and O–H groups in total. The van der Waals surface area contributed by atoms with Gasteiger partial charge in [0, 0.05) is 16.7 Å². The fraction of sp³-hybridized carbons (Fsp3) is 0.912. The van der Waals surface area contributed by atoms with Gasteiger partial charge in [-0.05, 0) is 103 Å². The van der Waals surface area contributed by atoms with Crippen molar-refractivity contribution < 1.29 is 25.2 Å². The van der Waals surface area contributed by atoms with E-state index in [-0.39, 0.29) is 63.8 Å². The van der Waals surface area contributed by atoms with Gasteiger partial charge in [-0.2, -0.15) is 0 Å². The SMILES string of the molecule is CC1(C)C[C@@H]2C3=CC(=O)[C@@H]4[C@@]5(C)CC[C@H](O)[C@@](C)(CO)[C@H]5CC[C@@]4(C)[C@]3(C)C[C@H](O)[C@@]2(CO)C2(CCCC2)C1. The van der Waals surface area contributed by atoms with Crippen molar-refractivity contribution in [2.45, 2.75) is 124 Å². The van der Waals surface area contributed by atoms with Crippen LogP contribution in [0.5, 0.6) is 0 Å². The van der Waals surface area contributed by atoms with Crippen LogP contribution in [0.2, 0.25) is 0 Å². The van der Waals surface area contributed by atoms with Gasteiger partial charge in [0.25, 0.3) is 0 Å². The minimum absolute atomic E-state index is 0.00115. The number of aliphatic hydroxyl groups is 4. The van der Waals surface area contributed by atoms with Crippen molar-refractivity contribution in [1.29, 1.82) is 0 Å². The Labute approximate surface area is 235 Å². The molecule has 0 aromatic rings. The molecule has 0 bridgehead atoms. The molecular formula is C34H54O5. The number of rotatable bonds is 2. The van der Waals surface area contributed by atoms with Gasteiger partial charge in [-0.15, -0.1) is 0 Å². The molecule has 0 aromatic heterocycles. The van der Waals surface area contributed by atoms with Crippen LogP contribution in [0.3, 0.4) is 0 Å². The summed E-state index contributed by atoms with van der Waals surface area (Å²) in [6.07, 6.45) is 10.9. The predicted molar refractivity (Wildman–Crippen MR) is 152 cm³/mol. The lowest BCUT2D eigenvalue weighted by Gasteiger charge is -2.73. The zero-order valence-electron chi connectivity index (χ0n) is 25.4. The van der Waals surface area contributed by atoms with Crippen LogP contribution in [0.4, 0.5) is 0 Å². The summed E-state index contributed by atoms with van der Waals surface area (Å²) in [7, 11) is 0. The maximum Gasteiger partial charge on any atom is 0.159 e. The summed E-state index contributed by atoms with van der Waals surface area (Å²) in [5.41, 5.74) is -0.971. The second-order valence-corrected chi connectivity index (χ2v) is 17.0. The number of hydrogen-bond donors (Lipinski definition) is 4. The van der Waals surface area contributed by atoms with Crippen LogP contribution >= 0.6 is 0 Å². The van der Waals surface area contributed by atoms with E-state index >= 15 is 0 Å². The highest BCUT2D eigenvalue weighted by Crippen LogP contribution is 2.78. The first-order chi connectivity index (χ1) is 18.1. The largest absolute Gasteiger partial charge is 0.396 e. The molecule has 0 amide bonds. The molecule has 6 rings (SSSR count). The van der Waals surface area contributed by atoms with Crippen molar-refractivity contribution in [1.82, 2.24) is 0 Å². The first kappa shape index (κ1) is 28.4.